The van der Waals surface area contributed by atoms with Crippen LogP contribution in [-0.4, -0.2) is 5.91 Å². The molecule has 1 amide bonds. The number of anilines is 1. The van der Waals surface area contributed by atoms with Crippen LogP contribution in [0.1, 0.15) is 44.2 Å². The zero-order valence-electron chi connectivity index (χ0n) is 10.3. The fraction of sp³-hybridized carbons (Fsp3) is 0.500. The van der Waals surface area contributed by atoms with Crippen molar-refractivity contribution in [2.24, 2.45) is 5.92 Å². The number of hydrogen-bond donors (Lipinski definition) is 2. The lowest BCUT2D eigenvalue weighted by atomic mass is 9.83. The smallest absolute Gasteiger partial charge is 0.220 e. The van der Waals surface area contributed by atoms with Gasteiger partial charge in [-0.2, -0.15) is 0 Å². The Balaban J connectivity index is 1.87. The Morgan fingerprint density at radius 2 is 2.29 bits per heavy atom. The summed E-state index contributed by atoms with van der Waals surface area (Å²) in [4.78, 5) is 11.8. The molecule has 1 aromatic rings. The molecule has 0 spiro atoms. The van der Waals surface area contributed by atoms with E-state index in [1.54, 1.807) is 0 Å². The van der Waals surface area contributed by atoms with Crippen molar-refractivity contribution < 1.29 is 4.79 Å². The number of carbonyl (C=O) groups excluding carboxylic acids is 1. The van der Waals surface area contributed by atoms with Crippen molar-refractivity contribution in [1.29, 1.82) is 0 Å². The Morgan fingerprint density at radius 3 is 2.88 bits per heavy atom. The Labute approximate surface area is 102 Å². The highest BCUT2D eigenvalue weighted by molar-refractivity contribution is 5.76. The van der Waals surface area contributed by atoms with E-state index in [1.807, 2.05) is 31.2 Å². The largest absolute Gasteiger partial charge is 0.399 e. The van der Waals surface area contributed by atoms with Crippen molar-refractivity contribution >= 4 is 11.6 Å². The summed E-state index contributed by atoms with van der Waals surface area (Å²) < 4.78 is 0. The minimum atomic E-state index is 0.0334. The Bertz CT molecular complexity index is 399. The molecule has 0 aliphatic heterocycles. The van der Waals surface area contributed by atoms with Gasteiger partial charge in [0, 0.05) is 12.1 Å². The second-order valence-corrected chi connectivity index (χ2v) is 4.96. The van der Waals surface area contributed by atoms with E-state index in [1.165, 1.54) is 19.3 Å². The zero-order valence-corrected chi connectivity index (χ0v) is 10.3. The van der Waals surface area contributed by atoms with Crippen LogP contribution in [0.4, 0.5) is 5.69 Å². The molecule has 2 rings (SSSR count). The molecule has 0 heterocycles. The van der Waals surface area contributed by atoms with Crippen LogP contribution in [0.25, 0.3) is 0 Å². The van der Waals surface area contributed by atoms with Crippen molar-refractivity contribution in [2.75, 3.05) is 5.73 Å². The molecular formula is C14H20N2O. The molecule has 0 aromatic heterocycles. The third-order valence-electron chi connectivity index (χ3n) is 3.49. The van der Waals surface area contributed by atoms with Crippen LogP contribution in [0.5, 0.6) is 0 Å². The minimum Gasteiger partial charge on any atom is -0.399 e. The summed E-state index contributed by atoms with van der Waals surface area (Å²) in [6.07, 6.45) is 4.37. The molecule has 1 aromatic carbocycles. The molecule has 92 valence electrons. The highest BCUT2D eigenvalue weighted by atomic mass is 16.1. The van der Waals surface area contributed by atoms with E-state index < -0.39 is 0 Å². The van der Waals surface area contributed by atoms with Crippen LogP contribution < -0.4 is 11.1 Å². The van der Waals surface area contributed by atoms with Crippen molar-refractivity contribution in [3.05, 3.63) is 29.8 Å². The van der Waals surface area contributed by atoms with Gasteiger partial charge < -0.3 is 11.1 Å². The molecule has 17 heavy (non-hydrogen) atoms. The van der Waals surface area contributed by atoms with Crippen molar-refractivity contribution in [3.8, 4) is 0 Å². The lowest BCUT2D eigenvalue weighted by molar-refractivity contribution is -0.123. The Morgan fingerprint density at radius 1 is 1.53 bits per heavy atom. The molecule has 1 unspecified atom stereocenters. The molecule has 3 N–H and O–H groups in total. The summed E-state index contributed by atoms with van der Waals surface area (Å²) in [5.74, 6) is 0.771. The number of benzene rings is 1. The molecule has 0 bridgehead atoms. The van der Waals surface area contributed by atoms with Gasteiger partial charge in [0.15, 0.2) is 0 Å². The molecule has 3 heteroatoms. The Hall–Kier alpha value is -1.51. The van der Waals surface area contributed by atoms with E-state index in [0.717, 1.165) is 11.3 Å². The monoisotopic (exact) mass is 232 g/mol. The quantitative estimate of drug-likeness (QED) is 0.784. The van der Waals surface area contributed by atoms with Gasteiger partial charge in [-0.15, -0.1) is 0 Å². The molecule has 1 fully saturated rings. The van der Waals surface area contributed by atoms with Gasteiger partial charge in [-0.05, 0) is 43.4 Å². The first-order valence-electron chi connectivity index (χ1n) is 6.30. The number of amides is 1. The molecule has 1 aliphatic carbocycles. The molecule has 1 atom stereocenters. The lowest BCUT2D eigenvalue weighted by Crippen LogP contribution is -2.30. The average molecular weight is 232 g/mol. The van der Waals surface area contributed by atoms with Gasteiger partial charge in [0.2, 0.25) is 5.91 Å². The Kier molecular flexibility index (Phi) is 3.67. The highest BCUT2D eigenvalue weighted by Crippen LogP contribution is 2.29. The van der Waals surface area contributed by atoms with Crippen LogP contribution in [-0.2, 0) is 4.79 Å². The molecular weight excluding hydrogens is 212 g/mol. The summed E-state index contributed by atoms with van der Waals surface area (Å²) in [6.45, 7) is 1.99. The summed E-state index contributed by atoms with van der Waals surface area (Å²) in [6, 6.07) is 7.70. The number of rotatable bonds is 4. The standard InChI is InChI=1S/C14H20N2O/c1-10(12-6-3-7-13(15)9-12)16-14(17)8-11-4-2-5-11/h3,6-7,9-11H,2,4-5,8,15H2,1H3,(H,16,17). The number of nitrogen functional groups attached to an aromatic ring is 1. The number of nitrogens with one attached hydrogen (secondary N) is 1. The van der Waals surface area contributed by atoms with Gasteiger partial charge >= 0.3 is 0 Å². The summed E-state index contributed by atoms with van der Waals surface area (Å²) in [7, 11) is 0. The topological polar surface area (TPSA) is 55.1 Å². The number of nitrogens with two attached hydrogens (primary N) is 1. The van der Waals surface area contributed by atoms with Gasteiger partial charge in [-0.25, -0.2) is 0 Å². The SMILES string of the molecule is CC(NC(=O)CC1CCC1)c1cccc(N)c1. The fourth-order valence-electron chi connectivity index (χ4n) is 2.17. The van der Waals surface area contributed by atoms with Crippen LogP contribution in [0, 0.1) is 5.92 Å². The van der Waals surface area contributed by atoms with E-state index in [4.69, 9.17) is 5.73 Å². The number of carbonyl (C=O) groups is 1. The van der Waals surface area contributed by atoms with Gasteiger partial charge in [-0.3, -0.25) is 4.79 Å². The van der Waals surface area contributed by atoms with Gasteiger partial charge in [0.05, 0.1) is 6.04 Å². The van der Waals surface area contributed by atoms with Crippen LogP contribution in [0.15, 0.2) is 24.3 Å². The van der Waals surface area contributed by atoms with Crippen LogP contribution in [0.2, 0.25) is 0 Å². The number of hydrogen-bond acceptors (Lipinski definition) is 2. The summed E-state index contributed by atoms with van der Waals surface area (Å²) >= 11 is 0. The van der Waals surface area contributed by atoms with Crippen molar-refractivity contribution in [3.63, 3.8) is 0 Å². The predicted octanol–water partition coefficient (Wildman–Crippen LogP) is 2.64. The molecule has 3 nitrogen and oxygen atoms in total. The van der Waals surface area contributed by atoms with Gasteiger partial charge in [-0.1, -0.05) is 18.6 Å². The molecule has 1 saturated carbocycles. The minimum absolute atomic E-state index is 0.0334. The average Bonchev–Trinajstić information content (AvgIpc) is 2.23. The normalized spacial score (nSPS) is 17.2. The lowest BCUT2D eigenvalue weighted by Gasteiger charge is -2.25. The summed E-state index contributed by atoms with van der Waals surface area (Å²) in [5.41, 5.74) is 7.53. The highest BCUT2D eigenvalue weighted by Gasteiger charge is 2.21. The van der Waals surface area contributed by atoms with Gasteiger partial charge in [0.25, 0.3) is 0 Å². The molecule has 1 aliphatic rings. The van der Waals surface area contributed by atoms with Crippen LogP contribution >= 0.6 is 0 Å². The van der Waals surface area contributed by atoms with E-state index in [9.17, 15) is 4.79 Å². The van der Waals surface area contributed by atoms with Crippen LogP contribution in [0.3, 0.4) is 0 Å². The van der Waals surface area contributed by atoms with E-state index >= 15 is 0 Å². The third kappa shape index (κ3) is 3.22. The second-order valence-electron chi connectivity index (χ2n) is 4.96. The van der Waals surface area contributed by atoms with E-state index in [-0.39, 0.29) is 11.9 Å². The van der Waals surface area contributed by atoms with Crippen molar-refractivity contribution in [1.82, 2.24) is 5.32 Å². The first-order valence-corrected chi connectivity index (χ1v) is 6.30. The van der Waals surface area contributed by atoms with E-state index in [2.05, 4.69) is 5.32 Å². The zero-order chi connectivity index (χ0) is 12.3. The first-order chi connectivity index (χ1) is 8.15. The third-order valence-corrected chi connectivity index (χ3v) is 3.49. The fourth-order valence-corrected chi connectivity index (χ4v) is 2.17. The molecule has 0 radical (unpaired) electrons. The first kappa shape index (κ1) is 12.0. The molecule has 0 saturated heterocycles. The van der Waals surface area contributed by atoms with E-state index in [0.29, 0.717) is 12.3 Å². The maximum atomic E-state index is 11.8. The van der Waals surface area contributed by atoms with Gasteiger partial charge in [0.1, 0.15) is 0 Å². The van der Waals surface area contributed by atoms with Crippen molar-refractivity contribution in [2.45, 2.75) is 38.6 Å². The maximum Gasteiger partial charge on any atom is 0.220 e. The second kappa shape index (κ2) is 5.21. The summed E-state index contributed by atoms with van der Waals surface area (Å²) in [5, 5.41) is 3.03. The predicted molar refractivity (Wildman–Crippen MR) is 69.4 cm³/mol. The maximum absolute atomic E-state index is 11.8.